The van der Waals surface area contributed by atoms with Gasteiger partial charge in [-0.2, -0.15) is 0 Å². The molecule has 0 aromatic rings. The van der Waals surface area contributed by atoms with Crippen LogP contribution in [0.5, 0.6) is 0 Å². The van der Waals surface area contributed by atoms with E-state index in [9.17, 15) is 0 Å². The minimum atomic E-state index is 0. The Labute approximate surface area is 84.0 Å². The maximum Gasteiger partial charge on any atom is 0 e. The van der Waals surface area contributed by atoms with Crippen LogP contribution < -0.4 is 0 Å². The van der Waals surface area contributed by atoms with Crippen LogP contribution in [0.3, 0.4) is 0 Å². The summed E-state index contributed by atoms with van der Waals surface area (Å²) in [6, 6.07) is 0. The second-order valence-electron chi connectivity index (χ2n) is 4.88. The first kappa shape index (κ1) is 8.32. The van der Waals surface area contributed by atoms with Crippen molar-refractivity contribution in [1.82, 2.24) is 0 Å². The molecule has 0 heterocycles. The van der Waals surface area contributed by atoms with E-state index in [2.05, 4.69) is 0 Å². The van der Waals surface area contributed by atoms with Crippen molar-refractivity contribution in [2.24, 2.45) is 23.7 Å². The van der Waals surface area contributed by atoms with Crippen LogP contribution in [0.15, 0.2) is 0 Å². The molecule has 1 heteroatoms. The molecule has 0 N–H and O–H groups in total. The molecule has 4 aliphatic rings. The van der Waals surface area contributed by atoms with Crippen LogP contribution in [0.2, 0.25) is 0 Å². The second kappa shape index (κ2) is 2.89. The molecule has 11 heavy (non-hydrogen) atoms. The predicted octanol–water partition coefficient (Wildman–Crippen LogP) is 2.83. The minimum absolute atomic E-state index is 0. The van der Waals surface area contributed by atoms with Crippen molar-refractivity contribution in [3.8, 4) is 0 Å². The fraction of sp³-hybridized carbons (Fsp3) is 1.00. The van der Waals surface area contributed by atoms with Crippen LogP contribution >= 0.6 is 0 Å². The summed E-state index contributed by atoms with van der Waals surface area (Å²) in [6.07, 6.45) is 9.62. The molecule has 0 atom stereocenters. The van der Waals surface area contributed by atoms with Gasteiger partial charge in [-0.25, -0.2) is 0 Å². The molecule has 4 bridgehead atoms. The predicted molar refractivity (Wildman–Crippen MR) is 41.7 cm³/mol. The van der Waals surface area contributed by atoms with Crippen LogP contribution in [-0.2, 0) is 21.7 Å². The van der Waals surface area contributed by atoms with E-state index in [0.717, 1.165) is 0 Å². The molecule has 0 aliphatic heterocycles. The van der Waals surface area contributed by atoms with Crippen LogP contribution in [0, 0.1) is 23.7 Å². The van der Waals surface area contributed by atoms with Gasteiger partial charge in [-0.1, -0.05) is 0 Å². The molecule has 0 unspecified atom stereocenters. The van der Waals surface area contributed by atoms with Crippen molar-refractivity contribution in [3.63, 3.8) is 0 Å². The summed E-state index contributed by atoms with van der Waals surface area (Å²) in [5.74, 6) is 4.71. The van der Waals surface area contributed by atoms with Gasteiger partial charge in [-0.3, -0.25) is 0 Å². The normalized spacial score (nSPS) is 52.4. The Kier molecular flexibility index (Phi) is 2.18. The van der Waals surface area contributed by atoms with Crippen molar-refractivity contribution in [2.75, 3.05) is 0 Å². The number of hydrogen-bond donors (Lipinski definition) is 0. The third kappa shape index (κ3) is 1.33. The van der Waals surface area contributed by atoms with Gasteiger partial charge in [0.1, 0.15) is 0 Å². The zero-order valence-corrected chi connectivity index (χ0v) is 8.61. The van der Waals surface area contributed by atoms with E-state index in [-0.39, 0.29) is 21.7 Å². The molecular weight excluding hydrogens is 168 g/mol. The summed E-state index contributed by atoms with van der Waals surface area (Å²) in [4.78, 5) is 0. The average molecular weight is 184 g/mol. The van der Waals surface area contributed by atoms with E-state index >= 15 is 0 Å². The van der Waals surface area contributed by atoms with Crippen LogP contribution in [0.4, 0.5) is 0 Å². The molecule has 0 aromatic heterocycles. The van der Waals surface area contributed by atoms with E-state index in [1.54, 1.807) is 38.5 Å². The quantitative estimate of drug-likeness (QED) is 0.508. The van der Waals surface area contributed by atoms with Gasteiger partial charge in [-0.05, 0) is 62.2 Å². The van der Waals surface area contributed by atoms with Crippen LogP contribution in [0.1, 0.15) is 38.5 Å². The Balaban J connectivity index is 0.000000480. The van der Waals surface area contributed by atoms with Crippen LogP contribution in [-0.4, -0.2) is 0 Å². The first-order valence-corrected chi connectivity index (χ1v) is 4.90. The van der Waals surface area contributed by atoms with Crippen molar-refractivity contribution in [3.05, 3.63) is 0 Å². The van der Waals surface area contributed by atoms with E-state index in [1.165, 1.54) is 23.7 Å². The molecule has 4 saturated carbocycles. The summed E-state index contributed by atoms with van der Waals surface area (Å²) in [5.41, 5.74) is 0. The van der Waals surface area contributed by atoms with Gasteiger partial charge in [0, 0.05) is 21.7 Å². The first-order chi connectivity index (χ1) is 4.90. The minimum Gasteiger partial charge on any atom is -0.0475 e. The zero-order chi connectivity index (χ0) is 6.55. The van der Waals surface area contributed by atoms with Gasteiger partial charge >= 0.3 is 0 Å². The Morgan fingerprint density at radius 3 is 0.818 bits per heavy atom. The monoisotopic (exact) mass is 184 g/mol. The average Bonchev–Trinajstić information content (AvgIpc) is 1.82. The Morgan fingerprint density at radius 2 is 0.636 bits per heavy atom. The van der Waals surface area contributed by atoms with Crippen molar-refractivity contribution < 1.29 is 21.7 Å². The third-order valence-corrected chi connectivity index (χ3v) is 4.00. The summed E-state index contributed by atoms with van der Waals surface area (Å²) in [7, 11) is 0. The van der Waals surface area contributed by atoms with E-state index in [4.69, 9.17) is 0 Å². The molecule has 4 fully saturated rings. The van der Waals surface area contributed by atoms with Gasteiger partial charge < -0.3 is 0 Å². The van der Waals surface area contributed by atoms with Gasteiger partial charge in [0.15, 0.2) is 0 Å². The summed E-state index contributed by atoms with van der Waals surface area (Å²) in [5, 5.41) is 0. The Morgan fingerprint density at radius 1 is 0.455 bits per heavy atom. The fourth-order valence-electron chi connectivity index (χ4n) is 3.98. The Bertz CT molecular complexity index is 96.4. The molecule has 60 valence electrons. The van der Waals surface area contributed by atoms with E-state index in [1.807, 2.05) is 0 Å². The maximum absolute atomic E-state index is 1.60. The zero-order valence-electron chi connectivity index (χ0n) is 7.05. The molecule has 0 spiro atoms. The van der Waals surface area contributed by atoms with E-state index < -0.39 is 0 Å². The van der Waals surface area contributed by atoms with Gasteiger partial charge in [0.05, 0.1) is 0 Å². The third-order valence-electron chi connectivity index (χ3n) is 4.00. The molecule has 0 aromatic carbocycles. The molecule has 0 amide bonds. The van der Waals surface area contributed by atoms with E-state index in [0.29, 0.717) is 0 Å². The molecule has 0 nitrogen and oxygen atoms in total. The van der Waals surface area contributed by atoms with Gasteiger partial charge in [0.2, 0.25) is 0 Å². The Hall–Kier alpha value is 0.714. The smallest absolute Gasteiger partial charge is 0 e. The molecule has 0 saturated heterocycles. The largest absolute Gasteiger partial charge is 0.0475 e. The second-order valence-corrected chi connectivity index (χ2v) is 4.88. The topological polar surface area (TPSA) is 0 Å². The molecule has 4 aliphatic carbocycles. The fourth-order valence-corrected chi connectivity index (χ4v) is 3.98. The summed E-state index contributed by atoms with van der Waals surface area (Å²) >= 11 is 0. The SMILES string of the molecule is C1C2CC3CC1CC(C2)C3.[Ti]. The van der Waals surface area contributed by atoms with Gasteiger partial charge in [-0.15, -0.1) is 0 Å². The summed E-state index contributed by atoms with van der Waals surface area (Å²) < 4.78 is 0. The van der Waals surface area contributed by atoms with Gasteiger partial charge in [0.25, 0.3) is 0 Å². The first-order valence-electron chi connectivity index (χ1n) is 4.90. The summed E-state index contributed by atoms with van der Waals surface area (Å²) in [6.45, 7) is 0. The standard InChI is InChI=1S/C10H16.Ti/c1-7-2-9-4-8(1)5-10(3-7)6-9;/h7-10H,1-6H2;. The number of hydrogen-bond acceptors (Lipinski definition) is 0. The van der Waals surface area contributed by atoms with Crippen LogP contribution in [0.25, 0.3) is 0 Å². The molecular formula is C10H16Ti. The molecule has 4 rings (SSSR count). The maximum atomic E-state index is 1.60. The van der Waals surface area contributed by atoms with Crippen molar-refractivity contribution >= 4 is 0 Å². The van der Waals surface area contributed by atoms with Crippen molar-refractivity contribution in [1.29, 1.82) is 0 Å². The van der Waals surface area contributed by atoms with Crippen molar-refractivity contribution in [2.45, 2.75) is 38.5 Å². The number of rotatable bonds is 0. The molecule has 0 radical (unpaired) electrons.